The van der Waals surface area contributed by atoms with Crippen molar-refractivity contribution in [1.29, 1.82) is 0 Å². The second-order valence-corrected chi connectivity index (χ2v) is 12.5. The Hall–Kier alpha value is -3.99. The van der Waals surface area contributed by atoms with Crippen molar-refractivity contribution in [3.05, 3.63) is 67.5 Å². The molecule has 2 rings (SSSR count). The number of hydrogen-bond acceptors (Lipinski definition) is 9. The maximum Gasteiger partial charge on any atom is 0.416 e. The third-order valence-corrected chi connectivity index (χ3v) is 8.09. The minimum atomic E-state index is -4.76. The average Bonchev–Trinajstić information content (AvgIpc) is 3.06. The molecule has 0 aromatic carbocycles. The summed E-state index contributed by atoms with van der Waals surface area (Å²) in [6.07, 6.45) is -6.27. The second-order valence-electron chi connectivity index (χ2n) is 12.5. The molecule has 0 spiro atoms. The van der Waals surface area contributed by atoms with Crippen LogP contribution in [0, 0.1) is 11.8 Å². The van der Waals surface area contributed by atoms with E-state index in [9.17, 15) is 50.3 Å². The normalized spacial score (nSPS) is 13.8. The monoisotopic (exact) mass is 768 g/mol. The highest BCUT2D eigenvalue weighted by Crippen LogP contribution is 2.34. The van der Waals surface area contributed by atoms with Crippen molar-refractivity contribution in [3.8, 4) is 0 Å². The highest BCUT2D eigenvalue weighted by molar-refractivity contribution is 5.75. The van der Waals surface area contributed by atoms with E-state index >= 15 is 0 Å². The molecule has 1 N–H and O–H groups in total. The van der Waals surface area contributed by atoms with Gasteiger partial charge in [0.25, 0.3) is 11.1 Å². The molecule has 53 heavy (non-hydrogen) atoms. The van der Waals surface area contributed by atoms with Gasteiger partial charge in [-0.25, -0.2) is 9.59 Å². The fourth-order valence-corrected chi connectivity index (χ4v) is 5.08. The molecule has 0 aliphatic rings. The summed E-state index contributed by atoms with van der Waals surface area (Å²) in [6, 6.07) is -0.990. The van der Waals surface area contributed by atoms with Gasteiger partial charge in [-0.3, -0.25) is 9.59 Å². The third-order valence-electron chi connectivity index (χ3n) is 8.09. The Morgan fingerprint density at radius 2 is 1.13 bits per heavy atom. The van der Waals surface area contributed by atoms with Crippen LogP contribution in [0.5, 0.6) is 0 Å². The molecule has 0 saturated heterocycles. The number of aldehydes is 1. The molecular formula is C36H54F6N4O7. The van der Waals surface area contributed by atoms with Crippen LogP contribution in [-0.2, 0) is 49.1 Å². The van der Waals surface area contributed by atoms with Crippen LogP contribution in [0.15, 0.2) is 34.1 Å². The zero-order valence-corrected chi connectivity index (χ0v) is 32.1. The molecule has 2 aromatic rings. The largest absolute Gasteiger partial charge is 0.464 e. The van der Waals surface area contributed by atoms with Gasteiger partial charge in [0, 0.05) is 37.5 Å². The van der Waals surface area contributed by atoms with Crippen LogP contribution in [-0.4, -0.2) is 80.2 Å². The predicted octanol–water partition coefficient (Wildman–Crippen LogP) is 5.72. The molecule has 11 nitrogen and oxygen atoms in total. The first-order chi connectivity index (χ1) is 24.6. The fraction of sp³-hybridized carbons (Fsp3) is 0.639. The lowest BCUT2D eigenvalue weighted by atomic mass is 9.97. The first kappa shape index (κ1) is 49.0. The fourth-order valence-electron chi connectivity index (χ4n) is 5.08. The zero-order valence-electron chi connectivity index (χ0n) is 32.1. The van der Waals surface area contributed by atoms with E-state index in [0.29, 0.717) is 37.8 Å². The van der Waals surface area contributed by atoms with E-state index in [1.807, 2.05) is 21.0 Å². The first-order valence-electron chi connectivity index (χ1n) is 17.3. The molecule has 2 heterocycles. The summed E-state index contributed by atoms with van der Waals surface area (Å²) < 4.78 is 91.1. The van der Waals surface area contributed by atoms with Crippen molar-refractivity contribution >= 4 is 18.2 Å². The highest BCUT2D eigenvalue weighted by Gasteiger charge is 2.37. The second kappa shape index (κ2) is 22.9. The summed E-state index contributed by atoms with van der Waals surface area (Å²) >= 11 is 0. The van der Waals surface area contributed by atoms with Crippen LogP contribution in [0.3, 0.4) is 0 Å². The lowest BCUT2D eigenvalue weighted by Gasteiger charge is -2.25. The lowest BCUT2D eigenvalue weighted by molar-refractivity contribution is -0.150. The number of alkyl halides is 6. The van der Waals surface area contributed by atoms with E-state index in [-0.39, 0.29) is 42.6 Å². The van der Waals surface area contributed by atoms with Gasteiger partial charge in [0.05, 0.1) is 24.3 Å². The molecule has 0 saturated carbocycles. The minimum absolute atomic E-state index is 0.0107. The number of ether oxygens (including phenoxy) is 2. The van der Waals surface area contributed by atoms with Crippen molar-refractivity contribution in [2.24, 2.45) is 11.8 Å². The van der Waals surface area contributed by atoms with Crippen LogP contribution in [0.1, 0.15) is 88.7 Å². The maximum absolute atomic E-state index is 13.3. The van der Waals surface area contributed by atoms with Gasteiger partial charge < -0.3 is 33.6 Å². The number of nitrogens with zero attached hydrogens (tertiary/aromatic N) is 3. The Bertz CT molecular complexity index is 1570. The Morgan fingerprint density at radius 3 is 1.43 bits per heavy atom. The van der Waals surface area contributed by atoms with Gasteiger partial charge in [0.1, 0.15) is 18.4 Å². The lowest BCUT2D eigenvalue weighted by Crippen LogP contribution is -2.36. The van der Waals surface area contributed by atoms with Gasteiger partial charge >= 0.3 is 24.3 Å². The van der Waals surface area contributed by atoms with Crippen molar-refractivity contribution in [1.82, 2.24) is 19.4 Å². The molecule has 0 aliphatic carbocycles. The van der Waals surface area contributed by atoms with Crippen LogP contribution in [0.25, 0.3) is 0 Å². The Balaban J connectivity index is 0.000000952. The van der Waals surface area contributed by atoms with Gasteiger partial charge in [-0.15, -0.1) is 0 Å². The summed E-state index contributed by atoms with van der Waals surface area (Å²) in [7, 11) is 7.26. The minimum Gasteiger partial charge on any atom is -0.464 e. The number of pyridine rings is 2. The number of esters is 2. The predicted molar refractivity (Wildman–Crippen MR) is 189 cm³/mol. The van der Waals surface area contributed by atoms with Gasteiger partial charge in [-0.05, 0) is 71.4 Å². The average molecular weight is 769 g/mol. The molecular weight excluding hydrogens is 714 g/mol. The molecule has 0 radical (unpaired) electrons. The first-order valence-corrected chi connectivity index (χ1v) is 17.3. The molecule has 0 amide bonds. The molecule has 0 bridgehead atoms. The van der Waals surface area contributed by atoms with Crippen molar-refractivity contribution in [2.45, 2.75) is 91.7 Å². The smallest absolute Gasteiger partial charge is 0.416 e. The molecule has 302 valence electrons. The van der Waals surface area contributed by atoms with Crippen LogP contribution in [0.4, 0.5) is 26.3 Å². The van der Waals surface area contributed by atoms with Crippen molar-refractivity contribution in [2.75, 3.05) is 47.9 Å². The zero-order chi connectivity index (χ0) is 41.3. The number of halogens is 6. The van der Waals surface area contributed by atoms with Crippen molar-refractivity contribution < 1.29 is 50.2 Å². The molecule has 0 aliphatic heterocycles. The molecule has 2 aromatic heterocycles. The maximum atomic E-state index is 13.3. The molecule has 17 heteroatoms. The summed E-state index contributed by atoms with van der Waals surface area (Å²) in [4.78, 5) is 61.5. The Kier molecular flexibility index (Phi) is 21.2. The quantitative estimate of drug-likeness (QED) is 0.138. The third kappa shape index (κ3) is 15.1. The topological polar surface area (TPSA) is 129 Å². The van der Waals surface area contributed by atoms with E-state index in [1.165, 1.54) is 6.20 Å². The number of carbonyl (C=O) groups excluding carboxylic acids is 3. The van der Waals surface area contributed by atoms with E-state index in [2.05, 4.69) is 5.32 Å². The standard InChI is InChI=1S/C18H27F3N2O3.C16H20F3NO4.C2H7N/c1-6-12(3)16(17(25)26-7-2)23-11-13(8-9-22(4)5)14(10-15(23)24)18(19,20)21;1-4-10(3)14(15(23)24-5-2)20-9-11(6-7-21)12(8-13(20)22)16(17,18)19;1-3-2/h10-12,16H,6-9H2,1-5H3;7-10,14H,4-6H2,1-3H3;3H,1-2H3/t12-,16?;10-,14?;/m11./s1. The molecule has 2 unspecified atom stereocenters. The van der Waals surface area contributed by atoms with E-state index in [0.717, 1.165) is 15.3 Å². The van der Waals surface area contributed by atoms with Crippen LogP contribution < -0.4 is 16.4 Å². The van der Waals surface area contributed by atoms with Gasteiger partial charge in [-0.2, -0.15) is 26.3 Å². The Labute approximate surface area is 306 Å². The van der Waals surface area contributed by atoms with Gasteiger partial charge in [0.2, 0.25) is 0 Å². The molecule has 0 fully saturated rings. The number of nitrogens with one attached hydrogen (secondary N) is 1. The SMILES string of the molecule is CCOC(=O)C([C@H](C)CC)n1cc(CC=O)c(C(F)(F)F)cc1=O.CCOC(=O)C([C@H](C)CC)n1cc(CCN(C)C)c(C(F)(F)F)cc1=O.CNC. The number of aromatic nitrogens is 2. The van der Waals surface area contributed by atoms with Crippen LogP contribution >= 0.6 is 0 Å². The molecule has 4 atom stereocenters. The number of carbonyl (C=O) groups is 3. The van der Waals surface area contributed by atoms with Gasteiger partial charge in [0.15, 0.2) is 0 Å². The van der Waals surface area contributed by atoms with Crippen molar-refractivity contribution in [3.63, 3.8) is 0 Å². The summed E-state index contributed by atoms with van der Waals surface area (Å²) in [6.45, 7) is 10.9. The summed E-state index contributed by atoms with van der Waals surface area (Å²) in [5.41, 5.74) is -4.30. The Morgan fingerprint density at radius 1 is 0.774 bits per heavy atom. The highest BCUT2D eigenvalue weighted by atomic mass is 19.4. The van der Waals surface area contributed by atoms with Gasteiger partial charge in [-0.1, -0.05) is 40.5 Å². The van der Waals surface area contributed by atoms with E-state index in [1.54, 1.807) is 53.6 Å². The summed E-state index contributed by atoms with van der Waals surface area (Å²) in [5.74, 6) is -1.89. The number of rotatable bonds is 15. The number of likely N-dealkylation sites (N-methyl/N-ethyl adjacent to an activating group) is 1. The number of hydrogen-bond donors (Lipinski definition) is 1. The van der Waals surface area contributed by atoms with Crippen LogP contribution in [0.2, 0.25) is 0 Å². The van der Waals surface area contributed by atoms with E-state index < -0.39 is 65.0 Å². The van der Waals surface area contributed by atoms with E-state index in [4.69, 9.17) is 9.47 Å². The summed E-state index contributed by atoms with van der Waals surface area (Å²) in [5, 5.41) is 2.75.